The summed E-state index contributed by atoms with van der Waals surface area (Å²) in [6.07, 6.45) is 0.770. The molecule has 5 heteroatoms. The summed E-state index contributed by atoms with van der Waals surface area (Å²) in [4.78, 5) is 14.4. The topological polar surface area (TPSA) is 45.0 Å². The summed E-state index contributed by atoms with van der Waals surface area (Å²) in [6, 6.07) is 17.8. The van der Waals surface area contributed by atoms with E-state index in [1.807, 2.05) is 75.4 Å². The summed E-state index contributed by atoms with van der Waals surface area (Å²) >= 11 is 1.48. The van der Waals surface area contributed by atoms with Gasteiger partial charge in [0.05, 0.1) is 16.6 Å². The van der Waals surface area contributed by atoms with Gasteiger partial charge >= 0.3 is 0 Å². The van der Waals surface area contributed by atoms with Gasteiger partial charge in [-0.05, 0) is 38.0 Å². The Labute approximate surface area is 152 Å². The van der Waals surface area contributed by atoms with E-state index in [1.165, 1.54) is 11.8 Å². The van der Waals surface area contributed by atoms with Crippen LogP contribution in [0.2, 0.25) is 0 Å². The average Bonchev–Trinajstić information content (AvgIpc) is 2.97. The van der Waals surface area contributed by atoms with Crippen LogP contribution < -0.4 is 4.90 Å². The second-order valence-corrected chi connectivity index (χ2v) is 7.13. The molecule has 1 unspecified atom stereocenters. The number of carbonyl (C=O) groups excluding carboxylic acids is 1. The molecule has 0 spiro atoms. The number of amides is 1. The number of benzene rings is 2. The first kappa shape index (κ1) is 17.4. The number of hydrogen-bond donors (Lipinski definition) is 0. The van der Waals surface area contributed by atoms with Gasteiger partial charge in [0.15, 0.2) is 5.17 Å². The maximum Gasteiger partial charge on any atom is 0.246 e. The molecule has 1 heterocycles. The van der Waals surface area contributed by atoms with E-state index in [-0.39, 0.29) is 11.2 Å². The van der Waals surface area contributed by atoms with Gasteiger partial charge in [-0.25, -0.2) is 0 Å². The molecule has 0 N–H and O–H groups in total. The average molecular weight is 351 g/mol. The van der Waals surface area contributed by atoms with Crippen molar-refractivity contribution >= 4 is 34.2 Å². The van der Waals surface area contributed by atoms with Gasteiger partial charge in [0.25, 0.3) is 0 Å². The quantitative estimate of drug-likeness (QED) is 0.595. The van der Waals surface area contributed by atoms with E-state index in [0.29, 0.717) is 5.17 Å². The molecule has 25 heavy (non-hydrogen) atoms. The van der Waals surface area contributed by atoms with Crippen LogP contribution in [0.25, 0.3) is 0 Å². The van der Waals surface area contributed by atoms with Crippen molar-refractivity contribution in [2.45, 2.75) is 32.4 Å². The Morgan fingerprint density at radius 1 is 1.12 bits per heavy atom. The van der Waals surface area contributed by atoms with E-state index in [0.717, 1.165) is 28.9 Å². The second-order valence-electron chi connectivity index (χ2n) is 5.96. The molecule has 0 bridgehead atoms. The number of nitrogens with zero attached hydrogens (tertiary/aromatic N) is 3. The van der Waals surface area contributed by atoms with E-state index in [9.17, 15) is 4.79 Å². The Morgan fingerprint density at radius 3 is 2.44 bits per heavy atom. The summed E-state index contributed by atoms with van der Waals surface area (Å²) in [7, 11) is 0. The van der Waals surface area contributed by atoms with Crippen molar-refractivity contribution in [2.75, 3.05) is 4.90 Å². The van der Waals surface area contributed by atoms with Gasteiger partial charge < -0.3 is 0 Å². The number of hydrogen-bond acceptors (Lipinski definition) is 4. The lowest BCUT2D eigenvalue weighted by atomic mass is 10.1. The van der Waals surface area contributed by atoms with Crippen LogP contribution in [-0.2, 0) is 4.79 Å². The minimum Gasteiger partial charge on any atom is -0.273 e. The maximum absolute atomic E-state index is 12.7. The standard InChI is InChI=1S/C20H21N3OS/c1-4-18-19(24)23(17-12-10-14(2)11-13-17)20(25-18)22-21-15(3)16-8-6-5-7-9-16/h5-13,18H,4H2,1-3H3/b21-15-,22-20-. The lowest BCUT2D eigenvalue weighted by Gasteiger charge is -2.16. The molecule has 0 aromatic heterocycles. The maximum atomic E-state index is 12.7. The van der Waals surface area contributed by atoms with Gasteiger partial charge in [-0.3, -0.25) is 9.69 Å². The zero-order chi connectivity index (χ0) is 17.8. The van der Waals surface area contributed by atoms with Crippen LogP contribution in [0.3, 0.4) is 0 Å². The highest BCUT2D eigenvalue weighted by atomic mass is 32.2. The normalized spacial score (nSPS) is 19.7. The van der Waals surface area contributed by atoms with Crippen LogP contribution >= 0.6 is 11.8 Å². The molecule has 3 rings (SSSR count). The molecule has 4 nitrogen and oxygen atoms in total. The van der Waals surface area contributed by atoms with Crippen LogP contribution in [0.1, 0.15) is 31.4 Å². The molecular weight excluding hydrogens is 330 g/mol. The third-order valence-corrected chi connectivity index (χ3v) is 5.37. The van der Waals surface area contributed by atoms with Gasteiger partial charge in [0.1, 0.15) is 0 Å². The molecule has 0 aliphatic carbocycles. The van der Waals surface area contributed by atoms with Gasteiger partial charge in [0, 0.05) is 0 Å². The molecule has 128 valence electrons. The minimum atomic E-state index is -0.104. The number of aryl methyl sites for hydroxylation is 1. The number of carbonyl (C=O) groups is 1. The Balaban J connectivity index is 1.94. The highest BCUT2D eigenvalue weighted by Gasteiger charge is 2.38. The van der Waals surface area contributed by atoms with Crippen molar-refractivity contribution in [3.8, 4) is 0 Å². The van der Waals surface area contributed by atoms with Gasteiger partial charge in [-0.15, -0.1) is 5.10 Å². The summed E-state index contributed by atoms with van der Waals surface area (Å²) in [6.45, 7) is 5.97. The fraction of sp³-hybridized carbons (Fsp3) is 0.250. The minimum absolute atomic E-state index is 0.0719. The first-order chi connectivity index (χ1) is 12.1. The lowest BCUT2D eigenvalue weighted by molar-refractivity contribution is -0.116. The molecule has 2 aromatic carbocycles. The molecule has 1 aliphatic rings. The van der Waals surface area contributed by atoms with E-state index < -0.39 is 0 Å². The van der Waals surface area contributed by atoms with Crippen molar-refractivity contribution in [2.24, 2.45) is 10.2 Å². The fourth-order valence-corrected chi connectivity index (χ4v) is 3.60. The summed E-state index contributed by atoms with van der Waals surface area (Å²) in [5.41, 5.74) is 3.84. The van der Waals surface area contributed by atoms with Crippen molar-refractivity contribution in [1.82, 2.24) is 0 Å². The highest BCUT2D eigenvalue weighted by Crippen LogP contribution is 2.33. The monoisotopic (exact) mass is 351 g/mol. The van der Waals surface area contributed by atoms with Crippen LogP contribution in [0.4, 0.5) is 5.69 Å². The van der Waals surface area contributed by atoms with E-state index >= 15 is 0 Å². The van der Waals surface area contributed by atoms with Crippen LogP contribution in [0.5, 0.6) is 0 Å². The number of rotatable bonds is 4. The third-order valence-electron chi connectivity index (χ3n) is 4.07. The Kier molecular flexibility index (Phi) is 5.34. The zero-order valence-corrected chi connectivity index (χ0v) is 15.5. The van der Waals surface area contributed by atoms with Crippen molar-refractivity contribution in [3.63, 3.8) is 0 Å². The Hall–Kier alpha value is -2.40. The summed E-state index contributed by atoms with van der Waals surface area (Å²) < 4.78 is 0. The predicted molar refractivity (Wildman–Crippen MR) is 106 cm³/mol. The van der Waals surface area contributed by atoms with Gasteiger partial charge in [-0.2, -0.15) is 5.10 Å². The SMILES string of the molecule is CCC1S/C(=N\N=C(\C)c2ccccc2)N(c2ccc(C)cc2)C1=O. The largest absolute Gasteiger partial charge is 0.273 e. The molecule has 2 aromatic rings. The number of thioether (sulfide) groups is 1. The molecular formula is C20H21N3OS. The fourth-order valence-electron chi connectivity index (χ4n) is 2.58. The number of amidine groups is 1. The van der Waals surface area contributed by atoms with Crippen LogP contribution in [-0.4, -0.2) is 22.0 Å². The van der Waals surface area contributed by atoms with E-state index in [2.05, 4.69) is 10.2 Å². The lowest BCUT2D eigenvalue weighted by Crippen LogP contribution is -2.31. The molecule has 1 amide bonds. The smallest absolute Gasteiger partial charge is 0.246 e. The molecule has 1 saturated heterocycles. The molecule has 0 saturated carbocycles. The Bertz CT molecular complexity index is 813. The van der Waals surface area contributed by atoms with Crippen molar-refractivity contribution in [1.29, 1.82) is 0 Å². The second kappa shape index (κ2) is 7.66. The summed E-state index contributed by atoms with van der Waals surface area (Å²) in [5.74, 6) is 0.0719. The number of anilines is 1. The Morgan fingerprint density at radius 2 is 1.80 bits per heavy atom. The summed E-state index contributed by atoms with van der Waals surface area (Å²) in [5, 5.41) is 9.29. The molecule has 1 aliphatic heterocycles. The van der Waals surface area contributed by atoms with Crippen LogP contribution in [0.15, 0.2) is 64.8 Å². The van der Waals surface area contributed by atoms with E-state index in [4.69, 9.17) is 0 Å². The van der Waals surface area contributed by atoms with Crippen LogP contribution in [0, 0.1) is 6.92 Å². The van der Waals surface area contributed by atoms with Gasteiger partial charge in [0.2, 0.25) is 5.91 Å². The molecule has 0 radical (unpaired) electrons. The molecule has 1 atom stereocenters. The van der Waals surface area contributed by atoms with E-state index in [1.54, 1.807) is 4.90 Å². The molecule has 1 fully saturated rings. The highest BCUT2D eigenvalue weighted by molar-refractivity contribution is 8.16. The first-order valence-electron chi connectivity index (χ1n) is 8.35. The predicted octanol–water partition coefficient (Wildman–Crippen LogP) is 4.63. The van der Waals surface area contributed by atoms with Gasteiger partial charge in [-0.1, -0.05) is 66.7 Å². The van der Waals surface area contributed by atoms with Crippen molar-refractivity contribution in [3.05, 3.63) is 65.7 Å². The first-order valence-corrected chi connectivity index (χ1v) is 9.23. The zero-order valence-electron chi connectivity index (χ0n) is 14.6. The third kappa shape index (κ3) is 3.82. The van der Waals surface area contributed by atoms with Crippen molar-refractivity contribution < 1.29 is 4.79 Å².